The summed E-state index contributed by atoms with van der Waals surface area (Å²) in [7, 11) is 0. The summed E-state index contributed by atoms with van der Waals surface area (Å²) in [6.07, 6.45) is 1.80. The molecule has 0 bridgehead atoms. The van der Waals surface area contributed by atoms with E-state index < -0.39 is 0 Å². The van der Waals surface area contributed by atoms with Gasteiger partial charge in [0.25, 0.3) is 5.56 Å². The highest BCUT2D eigenvalue weighted by Gasteiger charge is 2.15. The summed E-state index contributed by atoms with van der Waals surface area (Å²) in [5.74, 6) is 0.502. The molecule has 6 nitrogen and oxygen atoms in total. The highest BCUT2D eigenvalue weighted by Crippen LogP contribution is 2.23. The average Bonchev–Trinajstić information content (AvgIpc) is 2.74. The zero-order valence-electron chi connectivity index (χ0n) is 16.6. The number of nitrogens with zero attached hydrogens (tertiary/aromatic N) is 2. The third-order valence-electron chi connectivity index (χ3n) is 4.23. The van der Waals surface area contributed by atoms with Crippen LogP contribution in [0.4, 0.5) is 0 Å². The maximum Gasteiger partial charge on any atom is 0.316 e. The lowest BCUT2D eigenvalue weighted by Gasteiger charge is -2.13. The van der Waals surface area contributed by atoms with Gasteiger partial charge in [-0.3, -0.25) is 14.2 Å². The quantitative estimate of drug-likeness (QED) is 0.227. The molecular formula is C22H24N2O4S. The Balaban J connectivity index is 1.95. The molecule has 0 radical (unpaired) electrons. The standard InChI is InChI=1S/C22H24N2O4S/c1-3-5-14-28-20(25)15-29-22-23-19-9-7-6-8-18(19)21(26)24(22)16-10-12-17(13-11-16)27-4-2/h6-13H,3-5,14-15H2,1-2H3. The van der Waals surface area contributed by atoms with Crippen molar-refractivity contribution in [2.75, 3.05) is 19.0 Å². The second kappa shape index (κ2) is 10.1. The Morgan fingerprint density at radius 1 is 1.10 bits per heavy atom. The molecule has 0 spiro atoms. The van der Waals surface area contributed by atoms with E-state index in [-0.39, 0.29) is 17.3 Å². The third kappa shape index (κ3) is 5.17. The predicted octanol–water partition coefficient (Wildman–Crippen LogP) is 4.22. The SMILES string of the molecule is CCCCOC(=O)CSc1nc2ccccc2c(=O)n1-c1ccc(OCC)cc1. The summed E-state index contributed by atoms with van der Waals surface area (Å²) in [5, 5.41) is 0.974. The van der Waals surface area contributed by atoms with Crippen LogP contribution in [0.3, 0.4) is 0 Å². The minimum Gasteiger partial charge on any atom is -0.494 e. The summed E-state index contributed by atoms with van der Waals surface area (Å²) in [6.45, 7) is 4.93. The molecule has 152 valence electrons. The first kappa shape index (κ1) is 20.9. The fourth-order valence-corrected chi connectivity index (χ4v) is 3.60. The van der Waals surface area contributed by atoms with Gasteiger partial charge in [0.1, 0.15) is 5.75 Å². The van der Waals surface area contributed by atoms with Gasteiger partial charge < -0.3 is 9.47 Å². The Morgan fingerprint density at radius 3 is 2.59 bits per heavy atom. The van der Waals surface area contributed by atoms with Crippen molar-refractivity contribution in [1.29, 1.82) is 0 Å². The van der Waals surface area contributed by atoms with Gasteiger partial charge in [-0.25, -0.2) is 4.98 Å². The van der Waals surface area contributed by atoms with E-state index >= 15 is 0 Å². The van der Waals surface area contributed by atoms with Crippen LogP contribution in [-0.2, 0) is 9.53 Å². The highest BCUT2D eigenvalue weighted by molar-refractivity contribution is 7.99. The van der Waals surface area contributed by atoms with Gasteiger partial charge >= 0.3 is 5.97 Å². The topological polar surface area (TPSA) is 70.4 Å². The first-order valence-electron chi connectivity index (χ1n) is 9.67. The van der Waals surface area contributed by atoms with E-state index in [0.717, 1.165) is 18.6 Å². The molecule has 0 N–H and O–H groups in total. The number of hydrogen-bond acceptors (Lipinski definition) is 6. The number of ether oxygens (including phenoxy) is 2. The van der Waals surface area contributed by atoms with Gasteiger partial charge in [0.05, 0.1) is 35.6 Å². The summed E-state index contributed by atoms with van der Waals surface area (Å²) in [4.78, 5) is 29.8. The molecule has 0 saturated heterocycles. The molecule has 3 rings (SSSR count). The third-order valence-corrected chi connectivity index (χ3v) is 5.14. The number of carbonyl (C=O) groups is 1. The van der Waals surface area contributed by atoms with E-state index in [1.165, 1.54) is 16.3 Å². The molecule has 0 unspecified atom stereocenters. The van der Waals surface area contributed by atoms with E-state index in [2.05, 4.69) is 4.98 Å². The molecule has 29 heavy (non-hydrogen) atoms. The van der Waals surface area contributed by atoms with Gasteiger partial charge in [-0.2, -0.15) is 0 Å². The Kier molecular flexibility index (Phi) is 7.30. The van der Waals surface area contributed by atoms with Crippen molar-refractivity contribution in [1.82, 2.24) is 9.55 Å². The maximum absolute atomic E-state index is 13.2. The van der Waals surface area contributed by atoms with Crippen molar-refractivity contribution in [2.24, 2.45) is 0 Å². The Labute approximate surface area is 173 Å². The molecule has 0 atom stereocenters. The van der Waals surface area contributed by atoms with Crippen LogP contribution >= 0.6 is 11.8 Å². The minimum atomic E-state index is -0.316. The largest absolute Gasteiger partial charge is 0.494 e. The van der Waals surface area contributed by atoms with Crippen LogP contribution in [0.25, 0.3) is 16.6 Å². The molecule has 0 saturated carbocycles. The molecular weight excluding hydrogens is 388 g/mol. The number of para-hydroxylation sites is 1. The number of thioether (sulfide) groups is 1. The van der Waals surface area contributed by atoms with Crippen molar-refractivity contribution in [3.63, 3.8) is 0 Å². The normalized spacial score (nSPS) is 10.8. The summed E-state index contributed by atoms with van der Waals surface area (Å²) in [6, 6.07) is 14.4. The second-order valence-electron chi connectivity index (χ2n) is 6.34. The molecule has 7 heteroatoms. The van der Waals surface area contributed by atoms with E-state index in [9.17, 15) is 9.59 Å². The average molecular weight is 413 g/mol. The van der Waals surface area contributed by atoms with Crippen LogP contribution < -0.4 is 10.3 Å². The second-order valence-corrected chi connectivity index (χ2v) is 7.28. The van der Waals surface area contributed by atoms with Gasteiger partial charge in [0.15, 0.2) is 5.16 Å². The summed E-state index contributed by atoms with van der Waals surface area (Å²) < 4.78 is 12.2. The van der Waals surface area contributed by atoms with Crippen LogP contribution in [0, 0.1) is 0 Å². The fourth-order valence-electron chi connectivity index (χ4n) is 2.79. The van der Waals surface area contributed by atoms with Crippen molar-refractivity contribution < 1.29 is 14.3 Å². The zero-order chi connectivity index (χ0) is 20.6. The number of unbranched alkanes of at least 4 members (excludes halogenated alkanes) is 1. The van der Waals surface area contributed by atoms with Crippen LogP contribution in [0.15, 0.2) is 58.5 Å². The van der Waals surface area contributed by atoms with Crippen LogP contribution in [0.5, 0.6) is 5.75 Å². The lowest BCUT2D eigenvalue weighted by Crippen LogP contribution is -2.22. The number of carbonyl (C=O) groups excluding carboxylic acids is 1. The lowest BCUT2D eigenvalue weighted by molar-refractivity contribution is -0.140. The molecule has 0 aliphatic rings. The number of hydrogen-bond donors (Lipinski definition) is 0. The monoisotopic (exact) mass is 412 g/mol. The van der Waals surface area contributed by atoms with Gasteiger partial charge in [-0.1, -0.05) is 37.2 Å². The van der Waals surface area contributed by atoms with E-state index in [4.69, 9.17) is 9.47 Å². The highest BCUT2D eigenvalue weighted by atomic mass is 32.2. The zero-order valence-corrected chi connectivity index (χ0v) is 17.4. The van der Waals surface area contributed by atoms with Crippen LogP contribution in [-0.4, -0.2) is 34.5 Å². The number of fused-ring (bicyclic) bond motifs is 1. The van der Waals surface area contributed by atoms with Crippen molar-refractivity contribution in [2.45, 2.75) is 31.8 Å². The Hall–Kier alpha value is -2.80. The predicted molar refractivity (Wildman–Crippen MR) is 115 cm³/mol. The number of esters is 1. The number of aromatic nitrogens is 2. The maximum atomic E-state index is 13.2. The summed E-state index contributed by atoms with van der Waals surface area (Å²) >= 11 is 1.20. The summed E-state index contributed by atoms with van der Waals surface area (Å²) in [5.41, 5.74) is 1.08. The van der Waals surface area contributed by atoms with Gasteiger partial charge in [0, 0.05) is 0 Å². The molecule has 0 aliphatic carbocycles. The first-order chi connectivity index (χ1) is 14.1. The number of rotatable bonds is 9. The molecule has 2 aromatic carbocycles. The van der Waals surface area contributed by atoms with E-state index in [1.807, 2.05) is 50.2 Å². The van der Waals surface area contributed by atoms with Crippen molar-refractivity contribution >= 4 is 28.6 Å². The Morgan fingerprint density at radius 2 is 1.86 bits per heavy atom. The molecule has 0 aliphatic heterocycles. The lowest BCUT2D eigenvalue weighted by atomic mass is 10.2. The fraction of sp³-hybridized carbons (Fsp3) is 0.318. The smallest absolute Gasteiger partial charge is 0.316 e. The molecule has 0 fully saturated rings. The van der Waals surface area contributed by atoms with Crippen molar-refractivity contribution in [3.8, 4) is 11.4 Å². The van der Waals surface area contributed by atoms with Crippen LogP contribution in [0.2, 0.25) is 0 Å². The van der Waals surface area contributed by atoms with E-state index in [1.54, 1.807) is 12.1 Å². The molecule has 3 aromatic rings. The first-order valence-corrected chi connectivity index (χ1v) is 10.7. The van der Waals surface area contributed by atoms with Crippen molar-refractivity contribution in [3.05, 3.63) is 58.9 Å². The Bertz CT molecular complexity index is 1030. The molecule has 1 aromatic heterocycles. The van der Waals surface area contributed by atoms with Gasteiger partial charge in [-0.05, 0) is 49.7 Å². The van der Waals surface area contributed by atoms with Gasteiger partial charge in [-0.15, -0.1) is 0 Å². The minimum absolute atomic E-state index is 0.0888. The molecule has 0 amide bonds. The van der Waals surface area contributed by atoms with E-state index in [0.29, 0.717) is 35.0 Å². The number of benzene rings is 2. The van der Waals surface area contributed by atoms with Gasteiger partial charge in [0.2, 0.25) is 0 Å². The molecule has 1 heterocycles. The van der Waals surface area contributed by atoms with Crippen LogP contribution in [0.1, 0.15) is 26.7 Å².